The number of rotatable bonds is 13. The molecular weight excluding hydrogens is 789 g/mol. The highest BCUT2D eigenvalue weighted by molar-refractivity contribution is 6.91. The maximum atomic E-state index is 15.7. The van der Waals surface area contributed by atoms with Gasteiger partial charge in [-0.1, -0.05) is 79.8 Å². The van der Waals surface area contributed by atoms with E-state index in [1.165, 1.54) is 0 Å². The van der Waals surface area contributed by atoms with E-state index in [9.17, 15) is 19.5 Å². The van der Waals surface area contributed by atoms with Gasteiger partial charge in [0.25, 0.3) is 5.91 Å². The molecule has 4 aliphatic heterocycles. The highest BCUT2D eigenvalue weighted by Crippen LogP contribution is 2.60. The van der Waals surface area contributed by atoms with E-state index >= 15 is 4.79 Å². The lowest BCUT2D eigenvalue weighted by atomic mass is 9.82. The average molecular weight is 845 g/mol. The summed E-state index contributed by atoms with van der Waals surface area (Å²) in [6.07, 6.45) is -0.651. The molecule has 0 aromatic heterocycles. The molecule has 3 saturated heterocycles. The number of nitrogens with one attached hydrogen (secondary N) is 2. The smallest absolute Gasteiger partial charge is 0.264 e. The summed E-state index contributed by atoms with van der Waals surface area (Å²) in [6, 6.07) is 31.4. The summed E-state index contributed by atoms with van der Waals surface area (Å²) in [7, 11) is -0.980. The Morgan fingerprint density at radius 2 is 1.52 bits per heavy atom. The fraction of sp³-hybridized carbons (Fsp3) is 0.404. The van der Waals surface area contributed by atoms with Crippen LogP contribution in [0.25, 0.3) is 0 Å². The number of fused-ring (bicyclic) bond motifs is 2. The summed E-state index contributed by atoms with van der Waals surface area (Å²) < 4.78 is 12.9. The zero-order valence-electron chi connectivity index (χ0n) is 35.4. The Hall–Kier alpha value is -5.38. The number of carbonyl (C=O) groups is 4. The van der Waals surface area contributed by atoms with Gasteiger partial charge in [0.15, 0.2) is 5.60 Å². The third-order valence-corrected chi connectivity index (χ3v) is 17.5. The fourth-order valence-electron chi connectivity index (χ4n) is 10.1. The number of hydrogen-bond acceptors (Lipinski definition) is 9. The number of aliphatic hydroxyl groups is 1. The standard InChI is InChI=1S/C47H56N6O7Si/c1-32-45(61(3,4)38-16-14-37(59-2)15-17-38)41(27-42(55)50(23-24-54)30-33-9-6-5-7-10-33)60-47(32)39-26-36(52-22-20-49-29-44(52)57)13-18-40(39)53(46(47)58)31-34-11-8-12-35(25-34)51-21-19-48-28-43(51)56/h5-18,25-26,32,41,45,48-49,54H,19-24,27-31H2,1-4H3/t32-,41+,45-,47+/m1/s1. The number of anilines is 3. The molecule has 0 radical (unpaired) electrons. The van der Waals surface area contributed by atoms with E-state index < -0.39 is 25.7 Å². The van der Waals surface area contributed by atoms with Gasteiger partial charge in [0.2, 0.25) is 17.7 Å². The molecule has 4 amide bonds. The van der Waals surface area contributed by atoms with Crippen molar-refractivity contribution in [1.82, 2.24) is 15.5 Å². The van der Waals surface area contributed by atoms with Gasteiger partial charge in [-0.05, 0) is 59.1 Å². The van der Waals surface area contributed by atoms with Crippen molar-refractivity contribution in [3.63, 3.8) is 0 Å². The van der Waals surface area contributed by atoms with Crippen LogP contribution in [0, 0.1) is 5.92 Å². The predicted octanol–water partition coefficient (Wildman–Crippen LogP) is 3.74. The van der Waals surface area contributed by atoms with Gasteiger partial charge in [-0.2, -0.15) is 0 Å². The monoisotopic (exact) mass is 844 g/mol. The van der Waals surface area contributed by atoms with Gasteiger partial charge in [0.05, 0.1) is 59.6 Å². The molecule has 320 valence electrons. The van der Waals surface area contributed by atoms with Gasteiger partial charge in [-0.25, -0.2) is 0 Å². The maximum absolute atomic E-state index is 15.7. The molecule has 1 spiro atoms. The molecule has 0 bridgehead atoms. The third-order valence-electron chi connectivity index (χ3n) is 13.2. The molecule has 8 rings (SSSR count). The Bertz CT molecular complexity index is 2280. The van der Waals surface area contributed by atoms with E-state index in [0.29, 0.717) is 49.7 Å². The first kappa shape index (κ1) is 42.3. The number of amides is 4. The number of benzene rings is 4. The first-order valence-corrected chi connectivity index (χ1v) is 24.4. The van der Waals surface area contributed by atoms with E-state index in [2.05, 4.69) is 42.8 Å². The van der Waals surface area contributed by atoms with Crippen LogP contribution in [0.4, 0.5) is 17.1 Å². The zero-order valence-corrected chi connectivity index (χ0v) is 36.4. The highest BCUT2D eigenvalue weighted by atomic mass is 28.3. The van der Waals surface area contributed by atoms with E-state index in [-0.39, 0.29) is 68.4 Å². The van der Waals surface area contributed by atoms with Crippen LogP contribution in [-0.4, -0.2) is 107 Å². The molecule has 13 nitrogen and oxygen atoms in total. The van der Waals surface area contributed by atoms with Gasteiger partial charge in [0, 0.05) is 62.1 Å². The SMILES string of the molecule is COc1ccc([Si](C)(C)[C@H]2[C@H](CC(=O)N(CCO)Cc3ccccc3)O[C@@]3(C(=O)N(Cc4cccc(N5CCNCC5=O)c4)c4ccc(N5CCNCC5=O)cc43)[C@@H]2C)cc1. The number of ether oxygens (including phenoxy) is 2. The summed E-state index contributed by atoms with van der Waals surface area (Å²) in [5, 5.41) is 17.6. The van der Waals surface area contributed by atoms with Gasteiger partial charge < -0.3 is 44.8 Å². The summed E-state index contributed by atoms with van der Waals surface area (Å²) in [6.45, 7) is 10.00. The van der Waals surface area contributed by atoms with Crippen LogP contribution in [0.1, 0.15) is 30.0 Å². The fourth-order valence-corrected chi connectivity index (χ4v) is 14.1. The van der Waals surface area contributed by atoms with Crippen molar-refractivity contribution in [2.45, 2.75) is 56.8 Å². The zero-order chi connectivity index (χ0) is 42.9. The Labute approximate surface area is 358 Å². The molecule has 4 aromatic rings. The van der Waals surface area contributed by atoms with Gasteiger partial charge in [0.1, 0.15) is 5.75 Å². The summed E-state index contributed by atoms with van der Waals surface area (Å²) in [4.78, 5) is 63.4. The Morgan fingerprint density at radius 1 is 0.869 bits per heavy atom. The lowest BCUT2D eigenvalue weighted by Gasteiger charge is -2.37. The Balaban J connectivity index is 1.22. The Morgan fingerprint density at radius 3 is 2.16 bits per heavy atom. The van der Waals surface area contributed by atoms with Crippen LogP contribution in [0.3, 0.4) is 0 Å². The van der Waals surface area contributed by atoms with Crippen LogP contribution in [0.5, 0.6) is 5.75 Å². The predicted molar refractivity (Wildman–Crippen MR) is 238 cm³/mol. The van der Waals surface area contributed by atoms with Crippen molar-refractivity contribution in [2.75, 3.05) is 74.2 Å². The van der Waals surface area contributed by atoms with E-state index in [1.54, 1.807) is 26.7 Å². The van der Waals surface area contributed by atoms with E-state index in [1.807, 2.05) is 84.9 Å². The van der Waals surface area contributed by atoms with Gasteiger partial charge in [-0.15, -0.1) is 0 Å². The quantitative estimate of drug-likeness (QED) is 0.172. The molecule has 3 fully saturated rings. The van der Waals surface area contributed by atoms with E-state index in [4.69, 9.17) is 9.47 Å². The summed E-state index contributed by atoms with van der Waals surface area (Å²) in [5.41, 5.74) is 2.92. The molecule has 4 atom stereocenters. The first-order valence-electron chi connectivity index (χ1n) is 21.3. The minimum Gasteiger partial charge on any atom is -0.497 e. The molecule has 0 unspecified atom stereocenters. The number of methoxy groups -OCH3 is 1. The van der Waals surface area contributed by atoms with Gasteiger partial charge >= 0.3 is 0 Å². The van der Waals surface area contributed by atoms with Gasteiger partial charge in [-0.3, -0.25) is 19.2 Å². The highest BCUT2D eigenvalue weighted by Gasteiger charge is 2.66. The molecule has 0 aliphatic carbocycles. The third kappa shape index (κ3) is 7.98. The van der Waals surface area contributed by atoms with Crippen molar-refractivity contribution >= 4 is 54.0 Å². The largest absolute Gasteiger partial charge is 0.497 e. The van der Waals surface area contributed by atoms with Crippen LogP contribution in [-0.2, 0) is 42.6 Å². The molecule has 4 aromatic carbocycles. The maximum Gasteiger partial charge on any atom is 0.264 e. The van der Waals surface area contributed by atoms with Crippen molar-refractivity contribution in [1.29, 1.82) is 0 Å². The van der Waals surface area contributed by atoms with Crippen LogP contribution in [0.2, 0.25) is 18.6 Å². The molecular formula is C47H56N6O7Si. The average Bonchev–Trinajstić information content (AvgIpc) is 3.69. The number of aliphatic hydroxyl groups excluding tert-OH is 1. The second-order valence-corrected chi connectivity index (χ2v) is 21.8. The molecule has 4 aliphatic rings. The minimum absolute atomic E-state index is 0.00945. The van der Waals surface area contributed by atoms with Crippen molar-refractivity contribution in [3.8, 4) is 5.75 Å². The van der Waals surface area contributed by atoms with Crippen LogP contribution >= 0.6 is 0 Å². The second-order valence-electron chi connectivity index (χ2n) is 17.1. The number of nitrogens with zero attached hydrogens (tertiary/aromatic N) is 4. The topological polar surface area (TPSA) is 144 Å². The van der Waals surface area contributed by atoms with E-state index in [0.717, 1.165) is 27.8 Å². The first-order chi connectivity index (χ1) is 29.5. The van der Waals surface area contributed by atoms with Crippen molar-refractivity contribution in [3.05, 3.63) is 114 Å². The molecule has 4 heterocycles. The molecule has 3 N–H and O–H groups in total. The van der Waals surface area contributed by atoms with Crippen LogP contribution < -0.4 is 35.3 Å². The molecule has 61 heavy (non-hydrogen) atoms. The molecule has 14 heteroatoms. The van der Waals surface area contributed by atoms with Crippen LogP contribution in [0.15, 0.2) is 97.1 Å². The summed E-state index contributed by atoms with van der Waals surface area (Å²) >= 11 is 0. The normalized spacial score (nSPS) is 22.9. The molecule has 0 saturated carbocycles. The Kier molecular flexibility index (Phi) is 12.2. The van der Waals surface area contributed by atoms with Crippen molar-refractivity contribution in [2.24, 2.45) is 5.92 Å². The number of carbonyl (C=O) groups excluding carboxylic acids is 4. The number of hydrogen-bond donors (Lipinski definition) is 3. The number of piperazine rings is 2. The van der Waals surface area contributed by atoms with Crippen molar-refractivity contribution < 1.29 is 33.8 Å². The summed E-state index contributed by atoms with van der Waals surface area (Å²) in [5.74, 6) is -0.117. The second kappa shape index (κ2) is 17.5. The lowest BCUT2D eigenvalue weighted by Crippen LogP contribution is -2.52. The minimum atomic E-state index is -2.62. The lowest BCUT2D eigenvalue weighted by molar-refractivity contribution is -0.150.